The molecule has 326 valence electrons. The van der Waals surface area contributed by atoms with Crippen molar-refractivity contribution in [3.63, 3.8) is 0 Å². The van der Waals surface area contributed by atoms with Gasteiger partial charge >= 0.3 is 0 Å². The second-order valence-electron chi connectivity index (χ2n) is 18.6. The van der Waals surface area contributed by atoms with Gasteiger partial charge in [-0.3, -0.25) is 0 Å². The quantitative estimate of drug-likeness (QED) is 0.131. The SMILES string of the molecule is c1ccc(C2(c3ccccc3)N(c3cc4cccc5ccc6cccc3c6c54)C(c3ccccc3)(c3ccccc3)C(c3ccccc3)(c3ccccc3)C2(c2ccccc2)c2ccccc2)cc1. The number of hydrogen-bond donors (Lipinski definition) is 0. The Hall–Kier alpha value is -8.52. The number of nitrogens with zero attached hydrogens (tertiary/aromatic N) is 1. The zero-order chi connectivity index (χ0) is 45.9. The van der Waals surface area contributed by atoms with Gasteiger partial charge in [0.25, 0.3) is 0 Å². The Balaban J connectivity index is 1.46. The summed E-state index contributed by atoms with van der Waals surface area (Å²) in [4.78, 5) is 2.97. The van der Waals surface area contributed by atoms with Crippen LogP contribution in [0.3, 0.4) is 0 Å². The van der Waals surface area contributed by atoms with Crippen LogP contribution in [0.4, 0.5) is 5.69 Å². The predicted molar refractivity (Wildman–Crippen MR) is 287 cm³/mol. The molecule has 1 heterocycles. The highest BCUT2D eigenvalue weighted by Crippen LogP contribution is 2.79. The lowest BCUT2D eigenvalue weighted by Crippen LogP contribution is -2.62. The molecule has 0 aromatic heterocycles. The van der Waals surface area contributed by atoms with Crippen LogP contribution in [0.15, 0.2) is 297 Å². The summed E-state index contributed by atoms with van der Waals surface area (Å²) in [6, 6.07) is 113. The van der Waals surface area contributed by atoms with Gasteiger partial charge in [0.1, 0.15) is 11.1 Å². The van der Waals surface area contributed by atoms with E-state index < -0.39 is 21.9 Å². The highest BCUT2D eigenvalue weighted by Gasteiger charge is 2.84. The maximum atomic E-state index is 2.97. The van der Waals surface area contributed by atoms with Crippen molar-refractivity contribution in [2.24, 2.45) is 0 Å². The minimum atomic E-state index is -1.07. The van der Waals surface area contributed by atoms with E-state index in [1.165, 1.54) is 76.8 Å². The van der Waals surface area contributed by atoms with Crippen molar-refractivity contribution >= 4 is 38.0 Å². The molecule has 12 aromatic rings. The van der Waals surface area contributed by atoms with Gasteiger partial charge < -0.3 is 4.90 Å². The molecule has 1 aliphatic heterocycles. The van der Waals surface area contributed by atoms with Crippen molar-refractivity contribution in [2.45, 2.75) is 21.9 Å². The molecule has 1 heteroatoms. The zero-order valence-electron chi connectivity index (χ0n) is 38.2. The van der Waals surface area contributed by atoms with Crippen molar-refractivity contribution in [3.8, 4) is 0 Å². The summed E-state index contributed by atoms with van der Waals surface area (Å²) in [5, 5.41) is 7.44. The van der Waals surface area contributed by atoms with E-state index in [0.717, 1.165) is 5.69 Å². The highest BCUT2D eigenvalue weighted by molar-refractivity contribution is 6.26. The van der Waals surface area contributed by atoms with Crippen molar-refractivity contribution in [1.29, 1.82) is 0 Å². The lowest BCUT2D eigenvalue weighted by atomic mass is 9.41. The Morgan fingerprint density at radius 3 is 0.826 bits per heavy atom. The first kappa shape index (κ1) is 40.7. The van der Waals surface area contributed by atoms with Gasteiger partial charge in [0.05, 0.1) is 10.8 Å². The third-order valence-electron chi connectivity index (χ3n) is 15.6. The van der Waals surface area contributed by atoms with E-state index in [1.54, 1.807) is 0 Å². The van der Waals surface area contributed by atoms with Crippen LogP contribution in [0, 0.1) is 0 Å². The molecule has 0 unspecified atom stereocenters. The standard InChI is InChI=1S/C68H49N/c1-9-30-53(31-10-1)65(54-32-11-2-12-33-54)66(55-34-13-3-14-35-55,56-36-15-4-16-37-56)68(59-42-21-7-22-43-59,60-44-23-8-24-45-60)69(67(65,57-38-17-5-18-39-57)58-40-19-6-20-41-58)62-49-52-29-25-27-50-47-48-51-28-26-46-61(62)64(51)63(50)52/h1-49H. The van der Waals surface area contributed by atoms with Crippen molar-refractivity contribution in [1.82, 2.24) is 0 Å². The van der Waals surface area contributed by atoms with Crippen molar-refractivity contribution in [3.05, 3.63) is 342 Å². The third kappa shape index (κ3) is 5.36. The van der Waals surface area contributed by atoms with Crippen LogP contribution in [0.25, 0.3) is 32.3 Å². The fraction of sp³-hybridized carbons (Fsp3) is 0.0588. The molecule has 12 aromatic carbocycles. The van der Waals surface area contributed by atoms with E-state index >= 15 is 0 Å². The molecule has 0 amide bonds. The molecule has 13 rings (SSSR count). The molecule has 0 atom stereocenters. The third-order valence-corrected chi connectivity index (χ3v) is 15.6. The van der Waals surface area contributed by atoms with E-state index in [0.29, 0.717) is 0 Å². The van der Waals surface area contributed by atoms with Gasteiger partial charge in [-0.25, -0.2) is 0 Å². The first-order valence-electron chi connectivity index (χ1n) is 24.2. The van der Waals surface area contributed by atoms with E-state index in [2.05, 4.69) is 302 Å². The minimum Gasteiger partial charge on any atom is -0.341 e. The molecule has 0 radical (unpaired) electrons. The Labute approximate surface area is 404 Å². The average Bonchev–Trinajstić information content (AvgIpc) is 3.68. The predicted octanol–water partition coefficient (Wildman–Crippen LogP) is 16.3. The maximum absolute atomic E-state index is 2.97. The summed E-state index contributed by atoms with van der Waals surface area (Å²) < 4.78 is 0. The Kier molecular flexibility index (Phi) is 9.49. The van der Waals surface area contributed by atoms with Crippen LogP contribution in [-0.4, -0.2) is 0 Å². The molecule has 0 aliphatic carbocycles. The van der Waals surface area contributed by atoms with Gasteiger partial charge in [-0.2, -0.15) is 0 Å². The first-order valence-corrected chi connectivity index (χ1v) is 24.2. The van der Waals surface area contributed by atoms with Gasteiger partial charge in [-0.15, -0.1) is 0 Å². The van der Waals surface area contributed by atoms with E-state index in [-0.39, 0.29) is 0 Å². The smallest absolute Gasteiger partial charge is 0.107 e. The fourth-order valence-corrected chi connectivity index (χ4v) is 13.6. The van der Waals surface area contributed by atoms with Crippen LogP contribution in [0.2, 0.25) is 0 Å². The summed E-state index contributed by atoms with van der Waals surface area (Å²) >= 11 is 0. The number of anilines is 1. The van der Waals surface area contributed by atoms with Crippen LogP contribution in [0.1, 0.15) is 44.5 Å². The van der Waals surface area contributed by atoms with E-state index in [4.69, 9.17) is 0 Å². The topological polar surface area (TPSA) is 3.24 Å². The lowest BCUT2D eigenvalue weighted by molar-refractivity contribution is 0.245. The second kappa shape index (κ2) is 16.1. The summed E-state index contributed by atoms with van der Waals surface area (Å²) in [5.74, 6) is 0. The molecular formula is C68H49N. The van der Waals surface area contributed by atoms with Gasteiger partial charge in [-0.1, -0.05) is 291 Å². The van der Waals surface area contributed by atoms with Gasteiger partial charge in [0, 0.05) is 11.1 Å². The van der Waals surface area contributed by atoms with E-state index in [1.807, 2.05) is 0 Å². The normalized spacial score (nSPS) is 15.7. The Morgan fingerprint density at radius 2 is 0.493 bits per heavy atom. The summed E-state index contributed by atoms with van der Waals surface area (Å²) in [7, 11) is 0. The van der Waals surface area contributed by atoms with Crippen LogP contribution < -0.4 is 4.90 Å². The first-order chi connectivity index (χ1) is 34.3. The molecule has 1 saturated heterocycles. The van der Waals surface area contributed by atoms with Crippen molar-refractivity contribution in [2.75, 3.05) is 4.90 Å². The van der Waals surface area contributed by atoms with Crippen LogP contribution in [-0.2, 0) is 21.9 Å². The molecule has 69 heavy (non-hydrogen) atoms. The lowest BCUT2D eigenvalue weighted by Gasteiger charge is -2.57. The van der Waals surface area contributed by atoms with Gasteiger partial charge in [-0.05, 0) is 77.5 Å². The second-order valence-corrected chi connectivity index (χ2v) is 18.6. The maximum Gasteiger partial charge on any atom is 0.107 e. The molecule has 0 bridgehead atoms. The summed E-state index contributed by atoms with van der Waals surface area (Å²) in [5.41, 5.74) is 6.51. The fourth-order valence-electron chi connectivity index (χ4n) is 13.6. The summed E-state index contributed by atoms with van der Waals surface area (Å²) in [6.45, 7) is 0. The molecular weight excluding hydrogens is 831 g/mol. The molecule has 0 saturated carbocycles. The largest absolute Gasteiger partial charge is 0.341 e. The Morgan fingerprint density at radius 1 is 0.217 bits per heavy atom. The van der Waals surface area contributed by atoms with Gasteiger partial charge in [0.15, 0.2) is 0 Å². The van der Waals surface area contributed by atoms with E-state index in [9.17, 15) is 0 Å². The van der Waals surface area contributed by atoms with Gasteiger partial charge in [0.2, 0.25) is 0 Å². The number of benzene rings is 12. The Bertz CT molecular complexity index is 3360. The summed E-state index contributed by atoms with van der Waals surface area (Å²) in [6.07, 6.45) is 0. The number of rotatable bonds is 9. The zero-order valence-corrected chi connectivity index (χ0v) is 38.2. The van der Waals surface area contributed by atoms with Crippen molar-refractivity contribution < 1.29 is 0 Å². The highest BCUT2D eigenvalue weighted by atomic mass is 15.4. The average molecular weight is 880 g/mol. The van der Waals surface area contributed by atoms with Crippen LogP contribution >= 0.6 is 0 Å². The minimum absolute atomic E-state index is 1.02. The number of hydrogen-bond acceptors (Lipinski definition) is 1. The molecule has 0 spiro atoms. The molecule has 0 N–H and O–H groups in total. The van der Waals surface area contributed by atoms with Crippen LogP contribution in [0.5, 0.6) is 0 Å². The monoisotopic (exact) mass is 879 g/mol. The molecule has 1 fully saturated rings. The molecule has 1 nitrogen and oxygen atoms in total. The molecule has 1 aliphatic rings.